The number of primary sulfonamides is 1. The number of hydrogen-bond donors (Lipinski definition) is 2. The maximum Gasteiger partial charge on any atom is 0.238 e. The number of carbonyl (C=O) groups excluding carboxylic acids is 1. The van der Waals surface area contributed by atoms with Gasteiger partial charge in [0.2, 0.25) is 15.9 Å². The molecule has 0 aliphatic heterocycles. The molecule has 6 heteroatoms. The molecule has 0 fully saturated rings. The van der Waals surface area contributed by atoms with Crippen molar-refractivity contribution in [3.63, 3.8) is 0 Å². The topological polar surface area (TPSA) is 89.3 Å². The average Bonchev–Trinajstić information content (AvgIpc) is 2.54. The van der Waals surface area contributed by atoms with Gasteiger partial charge in [0.15, 0.2) is 0 Å². The molecule has 0 aliphatic carbocycles. The molecule has 0 heterocycles. The number of sulfonamides is 1. The maximum absolute atomic E-state index is 12.7. The van der Waals surface area contributed by atoms with Gasteiger partial charge in [-0.15, -0.1) is 0 Å². The largest absolute Gasteiger partial charge is 0.326 e. The molecule has 2 aromatic carbocycles. The van der Waals surface area contributed by atoms with Crippen LogP contribution in [-0.2, 0) is 14.8 Å². The van der Waals surface area contributed by atoms with Gasteiger partial charge in [-0.1, -0.05) is 49.7 Å². The molecule has 0 unspecified atom stereocenters. The third-order valence-corrected chi connectivity index (χ3v) is 4.91. The predicted molar refractivity (Wildman–Crippen MR) is 95.3 cm³/mol. The van der Waals surface area contributed by atoms with Crippen molar-refractivity contribution in [2.45, 2.75) is 37.5 Å². The number of benzene rings is 2. The van der Waals surface area contributed by atoms with Crippen molar-refractivity contribution in [1.29, 1.82) is 0 Å². The molecule has 3 N–H and O–H groups in total. The predicted octanol–water partition coefficient (Wildman–Crippen LogP) is 3.16. The minimum absolute atomic E-state index is 0.0204. The summed E-state index contributed by atoms with van der Waals surface area (Å²) < 4.78 is 23.2. The fraction of sp³-hybridized carbons (Fsp3) is 0.278. The van der Waals surface area contributed by atoms with E-state index in [1.807, 2.05) is 37.3 Å². The van der Waals surface area contributed by atoms with Crippen molar-refractivity contribution in [2.75, 3.05) is 5.32 Å². The Bertz CT molecular complexity index is 817. The van der Waals surface area contributed by atoms with E-state index in [9.17, 15) is 13.2 Å². The van der Waals surface area contributed by atoms with E-state index in [1.54, 1.807) is 19.1 Å². The average molecular weight is 346 g/mol. The quantitative estimate of drug-likeness (QED) is 0.842. The molecule has 2 rings (SSSR count). The summed E-state index contributed by atoms with van der Waals surface area (Å²) in [5.74, 6) is -0.442. The van der Waals surface area contributed by atoms with Crippen molar-refractivity contribution in [2.24, 2.45) is 5.14 Å². The van der Waals surface area contributed by atoms with E-state index in [0.717, 1.165) is 12.0 Å². The van der Waals surface area contributed by atoms with Crippen LogP contribution in [0.25, 0.3) is 0 Å². The standard InChI is InChI=1S/C18H22N2O3S/c1-3-7-16(14-8-5-4-6-9-14)18(21)20-15-11-10-13(2)17(12-15)24(19,22)23/h4-6,8-12,16H,3,7H2,1-2H3,(H,20,21)(H2,19,22,23)/t16-/m0/s1. The molecule has 5 nitrogen and oxygen atoms in total. The second-order valence-electron chi connectivity index (χ2n) is 5.77. The van der Waals surface area contributed by atoms with Gasteiger partial charge in [-0.25, -0.2) is 13.6 Å². The number of anilines is 1. The second-order valence-corrected chi connectivity index (χ2v) is 7.30. The Kier molecular flexibility index (Phi) is 5.75. The van der Waals surface area contributed by atoms with E-state index in [-0.39, 0.29) is 16.7 Å². The van der Waals surface area contributed by atoms with Gasteiger partial charge in [0.25, 0.3) is 0 Å². The summed E-state index contributed by atoms with van der Waals surface area (Å²) >= 11 is 0. The molecule has 0 saturated heterocycles. The van der Waals surface area contributed by atoms with Crippen LogP contribution >= 0.6 is 0 Å². The summed E-state index contributed by atoms with van der Waals surface area (Å²) in [5, 5.41) is 8.02. The second kappa shape index (κ2) is 7.59. The first-order valence-electron chi connectivity index (χ1n) is 7.82. The highest BCUT2D eigenvalue weighted by Crippen LogP contribution is 2.25. The summed E-state index contributed by atoms with van der Waals surface area (Å²) in [6, 6.07) is 14.3. The number of amides is 1. The summed E-state index contributed by atoms with van der Waals surface area (Å²) in [6.45, 7) is 3.68. The fourth-order valence-corrected chi connectivity index (χ4v) is 3.44. The van der Waals surface area contributed by atoms with E-state index in [0.29, 0.717) is 17.7 Å². The molecule has 0 saturated carbocycles. The maximum atomic E-state index is 12.7. The van der Waals surface area contributed by atoms with Crippen LogP contribution in [0.4, 0.5) is 5.69 Å². The Labute approximate surface area is 142 Å². The van der Waals surface area contributed by atoms with Crippen molar-refractivity contribution < 1.29 is 13.2 Å². The van der Waals surface area contributed by atoms with E-state index in [4.69, 9.17) is 5.14 Å². The smallest absolute Gasteiger partial charge is 0.238 e. The van der Waals surface area contributed by atoms with E-state index < -0.39 is 10.0 Å². The van der Waals surface area contributed by atoms with Crippen LogP contribution in [0.1, 0.15) is 36.8 Å². The van der Waals surface area contributed by atoms with Gasteiger partial charge in [-0.05, 0) is 36.6 Å². The minimum atomic E-state index is -3.83. The summed E-state index contributed by atoms with van der Waals surface area (Å²) in [5.41, 5.74) is 1.91. The van der Waals surface area contributed by atoms with Crippen molar-refractivity contribution in [3.05, 3.63) is 59.7 Å². The van der Waals surface area contributed by atoms with Crippen LogP contribution in [0.3, 0.4) is 0 Å². The molecule has 0 aromatic heterocycles. The lowest BCUT2D eigenvalue weighted by Gasteiger charge is -2.17. The van der Waals surface area contributed by atoms with Crippen LogP contribution in [0, 0.1) is 6.92 Å². The summed E-state index contributed by atoms with van der Waals surface area (Å²) in [4.78, 5) is 12.7. The lowest BCUT2D eigenvalue weighted by Crippen LogP contribution is -2.22. The highest BCUT2D eigenvalue weighted by Gasteiger charge is 2.20. The van der Waals surface area contributed by atoms with Crippen molar-refractivity contribution in [1.82, 2.24) is 0 Å². The molecular weight excluding hydrogens is 324 g/mol. The third kappa shape index (κ3) is 4.43. The van der Waals surface area contributed by atoms with E-state index in [1.165, 1.54) is 6.07 Å². The SMILES string of the molecule is CCC[C@H](C(=O)Nc1ccc(C)c(S(N)(=O)=O)c1)c1ccccc1. The van der Waals surface area contributed by atoms with Gasteiger partial charge < -0.3 is 5.32 Å². The molecule has 128 valence electrons. The molecule has 0 aliphatic rings. The fourth-order valence-electron chi connectivity index (χ4n) is 2.64. The third-order valence-electron chi connectivity index (χ3n) is 3.86. The first-order chi connectivity index (χ1) is 11.3. The molecular formula is C18H22N2O3S. The molecule has 0 radical (unpaired) electrons. The van der Waals surface area contributed by atoms with Crippen molar-refractivity contribution >= 4 is 21.6 Å². The monoisotopic (exact) mass is 346 g/mol. The zero-order chi connectivity index (χ0) is 17.7. The number of nitrogens with one attached hydrogen (secondary N) is 1. The number of hydrogen-bond acceptors (Lipinski definition) is 3. The van der Waals surface area contributed by atoms with Crippen LogP contribution < -0.4 is 10.5 Å². The zero-order valence-electron chi connectivity index (χ0n) is 13.8. The van der Waals surface area contributed by atoms with Gasteiger partial charge in [0.05, 0.1) is 10.8 Å². The molecule has 1 atom stereocenters. The molecule has 0 bridgehead atoms. The number of rotatable bonds is 6. The first kappa shape index (κ1) is 18.2. The number of nitrogens with two attached hydrogens (primary N) is 1. The Hall–Kier alpha value is -2.18. The highest BCUT2D eigenvalue weighted by atomic mass is 32.2. The molecule has 24 heavy (non-hydrogen) atoms. The number of aryl methyl sites for hydroxylation is 1. The number of carbonyl (C=O) groups is 1. The first-order valence-corrected chi connectivity index (χ1v) is 9.37. The Balaban J connectivity index is 2.27. The molecule has 0 spiro atoms. The summed E-state index contributed by atoms with van der Waals surface area (Å²) in [7, 11) is -3.83. The Morgan fingerprint density at radius 3 is 2.42 bits per heavy atom. The van der Waals surface area contributed by atoms with Gasteiger partial charge in [-0.3, -0.25) is 4.79 Å². The highest BCUT2D eigenvalue weighted by molar-refractivity contribution is 7.89. The minimum Gasteiger partial charge on any atom is -0.326 e. The van der Waals surface area contributed by atoms with Crippen molar-refractivity contribution in [3.8, 4) is 0 Å². The lowest BCUT2D eigenvalue weighted by atomic mass is 9.93. The van der Waals surface area contributed by atoms with Crippen LogP contribution in [-0.4, -0.2) is 14.3 Å². The molecule has 2 aromatic rings. The Morgan fingerprint density at radius 2 is 1.83 bits per heavy atom. The van der Waals surface area contributed by atoms with E-state index >= 15 is 0 Å². The van der Waals surface area contributed by atoms with Gasteiger partial charge in [-0.2, -0.15) is 0 Å². The zero-order valence-corrected chi connectivity index (χ0v) is 14.6. The Morgan fingerprint density at radius 1 is 1.17 bits per heavy atom. The normalized spacial score (nSPS) is 12.6. The lowest BCUT2D eigenvalue weighted by molar-refractivity contribution is -0.117. The van der Waals surface area contributed by atoms with Gasteiger partial charge in [0, 0.05) is 5.69 Å². The van der Waals surface area contributed by atoms with Gasteiger partial charge >= 0.3 is 0 Å². The van der Waals surface area contributed by atoms with Crippen LogP contribution in [0.5, 0.6) is 0 Å². The van der Waals surface area contributed by atoms with Crippen LogP contribution in [0.2, 0.25) is 0 Å². The summed E-state index contributed by atoms with van der Waals surface area (Å²) in [6.07, 6.45) is 1.58. The van der Waals surface area contributed by atoms with E-state index in [2.05, 4.69) is 5.32 Å². The van der Waals surface area contributed by atoms with Gasteiger partial charge in [0.1, 0.15) is 0 Å². The molecule has 1 amide bonds. The van der Waals surface area contributed by atoms with Crippen LogP contribution in [0.15, 0.2) is 53.4 Å².